The molecular weight excluding hydrogens is 525 g/mol. The molecule has 0 aliphatic carbocycles. The normalized spacial score (nSPS) is 17.9. The molecule has 0 saturated carbocycles. The maximum atomic E-state index is 10.5. The highest BCUT2D eigenvalue weighted by molar-refractivity contribution is 7.97. The minimum atomic E-state index is -2.32. The molecule has 0 bridgehead atoms. The van der Waals surface area contributed by atoms with Crippen LogP contribution in [0.3, 0.4) is 0 Å². The van der Waals surface area contributed by atoms with Gasteiger partial charge in [-0.05, 0) is 72.8 Å². The van der Waals surface area contributed by atoms with Crippen molar-refractivity contribution in [1.82, 2.24) is 0 Å². The summed E-state index contributed by atoms with van der Waals surface area (Å²) >= 11 is 18.1. The number of carbonyl (C=O) groups excluding carboxylic acids is 2. The van der Waals surface area contributed by atoms with Gasteiger partial charge in [0.25, 0.3) is 0 Å². The summed E-state index contributed by atoms with van der Waals surface area (Å²) in [6.07, 6.45) is -4.12. The Kier molecular flexibility index (Phi) is 9.27. The standard InChI is InChI=1S/C18H12Cl3S.C4H4BO7/c19-13-1-7-16(8-2-13)22(17-9-3-14(20)4-10-17)18-11-5-15(21)6-12-18;6-1-2(7)4(9)12-5(10)11-3(1)8/h1-12H;1-2,6-7H/q+1;-1. The molecule has 2 atom stereocenters. The third-order valence-electron chi connectivity index (χ3n) is 4.35. The first-order chi connectivity index (χ1) is 16.2. The van der Waals surface area contributed by atoms with E-state index in [0.717, 1.165) is 15.1 Å². The van der Waals surface area contributed by atoms with E-state index in [1.165, 1.54) is 14.7 Å². The average Bonchev–Trinajstić information content (AvgIpc) is 2.89. The highest BCUT2D eigenvalue weighted by Gasteiger charge is 2.37. The Morgan fingerprint density at radius 3 is 1.18 bits per heavy atom. The van der Waals surface area contributed by atoms with E-state index in [4.69, 9.17) is 45.0 Å². The first-order valence-corrected chi connectivity index (χ1v) is 12.0. The summed E-state index contributed by atoms with van der Waals surface area (Å²) in [6, 6.07) is 23.9. The minimum absolute atomic E-state index is 0.215. The van der Waals surface area contributed by atoms with Gasteiger partial charge in [-0.1, -0.05) is 34.8 Å². The number of hydrogen-bond donors (Lipinski definition) is 2. The van der Waals surface area contributed by atoms with Crippen molar-refractivity contribution in [2.24, 2.45) is 0 Å². The van der Waals surface area contributed by atoms with Crippen LogP contribution < -0.4 is 5.02 Å². The molecule has 0 amide bonds. The van der Waals surface area contributed by atoms with Crippen molar-refractivity contribution in [1.29, 1.82) is 0 Å². The van der Waals surface area contributed by atoms with Crippen LogP contribution in [0.5, 0.6) is 0 Å². The molecule has 0 aromatic heterocycles. The smallest absolute Gasteiger partial charge is 0.496 e. The third-order valence-corrected chi connectivity index (χ3v) is 7.34. The Balaban J connectivity index is 0.000000229. The Morgan fingerprint density at radius 1 is 0.647 bits per heavy atom. The van der Waals surface area contributed by atoms with Crippen molar-refractivity contribution in [3.8, 4) is 0 Å². The summed E-state index contributed by atoms with van der Waals surface area (Å²) in [6.45, 7) is 0. The molecule has 4 rings (SSSR count). The van der Waals surface area contributed by atoms with E-state index in [0.29, 0.717) is 0 Å². The Hall–Kier alpha value is -2.24. The molecule has 34 heavy (non-hydrogen) atoms. The van der Waals surface area contributed by atoms with E-state index in [1.807, 2.05) is 36.4 Å². The fourth-order valence-electron chi connectivity index (χ4n) is 2.73. The molecule has 0 radical (unpaired) electrons. The molecule has 7 nitrogen and oxygen atoms in total. The van der Waals surface area contributed by atoms with Gasteiger partial charge in [0.05, 0.1) is 10.9 Å². The lowest BCUT2D eigenvalue weighted by Gasteiger charge is -2.13. The van der Waals surface area contributed by atoms with Crippen molar-refractivity contribution >= 4 is 65.0 Å². The van der Waals surface area contributed by atoms with Crippen molar-refractivity contribution in [2.45, 2.75) is 26.9 Å². The second kappa shape index (κ2) is 11.9. The third kappa shape index (κ3) is 6.90. The maximum Gasteiger partial charge on any atom is 0.496 e. The van der Waals surface area contributed by atoms with Gasteiger partial charge in [0, 0.05) is 15.1 Å². The topological polar surface area (TPSA) is 116 Å². The van der Waals surface area contributed by atoms with Gasteiger partial charge in [-0.3, -0.25) is 9.59 Å². The zero-order valence-corrected chi connectivity index (χ0v) is 20.2. The van der Waals surface area contributed by atoms with Gasteiger partial charge in [0.15, 0.2) is 26.9 Å². The SMILES string of the molecule is Clc1ccc([S+](c2ccc(Cl)cc2)c2ccc(Cl)cc2)cc1.O=C1OB([O-])OC(=O)C(O)C1O. The number of halogens is 3. The van der Waals surface area contributed by atoms with E-state index in [-0.39, 0.29) is 10.9 Å². The van der Waals surface area contributed by atoms with Crippen molar-refractivity contribution in [3.63, 3.8) is 0 Å². The van der Waals surface area contributed by atoms with Gasteiger partial charge in [0.1, 0.15) is 0 Å². The lowest BCUT2D eigenvalue weighted by Crippen LogP contribution is -2.40. The van der Waals surface area contributed by atoms with Crippen LogP contribution in [-0.4, -0.2) is 41.7 Å². The zero-order valence-electron chi connectivity index (χ0n) is 17.1. The molecule has 1 aliphatic rings. The molecule has 3 aromatic carbocycles. The lowest BCUT2D eigenvalue weighted by atomic mass is 10.2. The molecule has 1 aliphatic heterocycles. The fraction of sp³-hybridized carbons (Fsp3) is 0.0909. The predicted molar refractivity (Wildman–Crippen MR) is 126 cm³/mol. The number of rotatable bonds is 3. The summed E-state index contributed by atoms with van der Waals surface area (Å²) in [7, 11) is -2.54. The lowest BCUT2D eigenvalue weighted by molar-refractivity contribution is -0.249. The van der Waals surface area contributed by atoms with E-state index < -0.39 is 31.5 Å². The summed E-state index contributed by atoms with van der Waals surface area (Å²) in [5.41, 5.74) is 0. The summed E-state index contributed by atoms with van der Waals surface area (Å²) in [5, 5.41) is 30.1. The van der Waals surface area contributed by atoms with Gasteiger partial charge in [0.2, 0.25) is 0 Å². The predicted octanol–water partition coefficient (Wildman–Crippen LogP) is 2.90. The summed E-state index contributed by atoms with van der Waals surface area (Å²) in [5.74, 6) is -2.76. The van der Waals surface area contributed by atoms with Crippen LogP contribution in [0.1, 0.15) is 0 Å². The first kappa shape index (κ1) is 26.4. The molecule has 12 heteroatoms. The van der Waals surface area contributed by atoms with Gasteiger partial charge >= 0.3 is 19.3 Å². The van der Waals surface area contributed by atoms with Crippen LogP contribution in [0.15, 0.2) is 87.5 Å². The molecule has 1 heterocycles. The average molecular weight is 542 g/mol. The number of hydrogen-bond acceptors (Lipinski definition) is 7. The quantitative estimate of drug-likeness (QED) is 0.387. The van der Waals surface area contributed by atoms with Crippen LogP contribution in [0.2, 0.25) is 15.1 Å². The van der Waals surface area contributed by atoms with Crippen molar-refractivity contribution in [2.75, 3.05) is 0 Å². The highest BCUT2D eigenvalue weighted by Crippen LogP contribution is 2.33. The van der Waals surface area contributed by atoms with E-state index >= 15 is 0 Å². The molecule has 2 N–H and O–H groups in total. The van der Waals surface area contributed by atoms with Crippen LogP contribution in [-0.2, 0) is 29.8 Å². The van der Waals surface area contributed by atoms with Crippen LogP contribution in [0, 0.1) is 0 Å². The second-order valence-corrected chi connectivity index (χ2v) is 10.1. The Labute approximate surface area is 213 Å². The highest BCUT2D eigenvalue weighted by atomic mass is 35.5. The molecule has 2 unspecified atom stereocenters. The number of aliphatic hydroxyl groups excluding tert-OH is 2. The van der Waals surface area contributed by atoms with Crippen molar-refractivity contribution in [3.05, 3.63) is 87.9 Å². The van der Waals surface area contributed by atoms with Crippen LogP contribution >= 0.6 is 34.8 Å². The van der Waals surface area contributed by atoms with Gasteiger partial charge < -0.3 is 24.5 Å². The van der Waals surface area contributed by atoms with E-state index in [2.05, 4.69) is 45.7 Å². The Bertz CT molecular complexity index is 1000. The maximum absolute atomic E-state index is 10.5. The molecule has 1 fully saturated rings. The Morgan fingerprint density at radius 2 is 0.912 bits per heavy atom. The second-order valence-electron chi connectivity index (χ2n) is 6.72. The monoisotopic (exact) mass is 540 g/mol. The molecule has 0 spiro atoms. The van der Waals surface area contributed by atoms with Gasteiger partial charge in [-0.25, -0.2) is 0 Å². The van der Waals surface area contributed by atoms with E-state index in [9.17, 15) is 14.6 Å². The number of aliphatic hydroxyl groups is 2. The summed E-state index contributed by atoms with van der Waals surface area (Å²) < 4.78 is 7.63. The van der Waals surface area contributed by atoms with Crippen LogP contribution in [0.4, 0.5) is 0 Å². The van der Waals surface area contributed by atoms with Gasteiger partial charge in [-0.15, -0.1) is 0 Å². The minimum Gasteiger partial charge on any atom is -0.808 e. The fourth-order valence-corrected chi connectivity index (χ4v) is 5.15. The molecule has 1 saturated heterocycles. The molecule has 3 aromatic rings. The van der Waals surface area contributed by atoms with Crippen molar-refractivity contribution < 1.29 is 34.1 Å². The summed E-state index contributed by atoms with van der Waals surface area (Å²) in [4.78, 5) is 24.6. The molecule has 176 valence electrons. The molecular formula is C22H16BCl3O7S. The first-order valence-electron chi connectivity index (χ1n) is 9.59. The van der Waals surface area contributed by atoms with Crippen LogP contribution in [0.25, 0.3) is 0 Å². The van der Waals surface area contributed by atoms with E-state index in [1.54, 1.807) is 0 Å². The number of carbonyl (C=O) groups is 2. The zero-order chi connectivity index (χ0) is 24.8. The number of benzene rings is 3. The largest absolute Gasteiger partial charge is 0.808 e. The van der Waals surface area contributed by atoms with Gasteiger partial charge in [-0.2, -0.15) is 0 Å².